The minimum absolute atomic E-state index is 0.799. The van der Waals surface area contributed by atoms with Gasteiger partial charge in [0.2, 0.25) is 0 Å². The molecule has 0 bridgehead atoms. The molecule has 1 nitrogen and oxygen atoms in total. The molecular weight excluding hydrogens is 194 g/mol. The largest absolute Gasteiger partial charge is 0.311 e. The normalized spacial score (nSPS) is 29.5. The second-order valence-corrected chi connectivity index (χ2v) is 5.43. The third kappa shape index (κ3) is 2.46. The fourth-order valence-corrected chi connectivity index (χ4v) is 2.97. The molecule has 1 aromatic rings. The van der Waals surface area contributed by atoms with Gasteiger partial charge in [-0.15, -0.1) is 0 Å². The van der Waals surface area contributed by atoms with Crippen molar-refractivity contribution in [2.75, 3.05) is 0 Å². The highest BCUT2D eigenvalue weighted by Gasteiger charge is 2.32. The highest BCUT2D eigenvalue weighted by molar-refractivity contribution is 5.16. The van der Waals surface area contributed by atoms with Crippen molar-refractivity contribution in [3.8, 4) is 0 Å². The molecule has 2 aliphatic carbocycles. The third-order valence-corrected chi connectivity index (χ3v) is 4.03. The zero-order valence-electron chi connectivity index (χ0n) is 9.86. The van der Waals surface area contributed by atoms with Gasteiger partial charge in [0.05, 0.1) is 0 Å². The zero-order chi connectivity index (χ0) is 10.8. The summed E-state index contributed by atoms with van der Waals surface area (Å²) in [6.07, 6.45) is 8.32. The Balaban J connectivity index is 1.60. The van der Waals surface area contributed by atoms with E-state index in [1.165, 1.54) is 44.1 Å². The molecule has 2 fully saturated rings. The van der Waals surface area contributed by atoms with Crippen LogP contribution in [0.4, 0.5) is 0 Å². The molecule has 1 heteroatoms. The van der Waals surface area contributed by atoms with Crippen molar-refractivity contribution in [2.24, 2.45) is 5.92 Å². The predicted molar refractivity (Wildman–Crippen MR) is 67.4 cm³/mol. The summed E-state index contributed by atoms with van der Waals surface area (Å²) in [6.45, 7) is 0. The fraction of sp³-hybridized carbons (Fsp3) is 0.600. The quantitative estimate of drug-likeness (QED) is 0.813. The van der Waals surface area contributed by atoms with Gasteiger partial charge in [-0.3, -0.25) is 0 Å². The van der Waals surface area contributed by atoms with E-state index in [-0.39, 0.29) is 0 Å². The van der Waals surface area contributed by atoms with Crippen molar-refractivity contribution in [1.82, 2.24) is 5.32 Å². The first kappa shape index (κ1) is 10.3. The molecule has 0 spiro atoms. The molecule has 0 heterocycles. The van der Waals surface area contributed by atoms with Crippen LogP contribution in [0.3, 0.4) is 0 Å². The van der Waals surface area contributed by atoms with Crippen LogP contribution >= 0.6 is 0 Å². The van der Waals surface area contributed by atoms with Gasteiger partial charge in [0, 0.05) is 12.1 Å². The van der Waals surface area contributed by atoms with Crippen molar-refractivity contribution < 1.29 is 0 Å². The van der Waals surface area contributed by atoms with E-state index in [9.17, 15) is 0 Å². The summed E-state index contributed by atoms with van der Waals surface area (Å²) in [7, 11) is 0. The molecule has 0 aromatic heterocycles. The number of nitrogens with one attached hydrogen (secondary N) is 1. The summed E-state index contributed by atoms with van der Waals surface area (Å²) < 4.78 is 0. The van der Waals surface area contributed by atoms with E-state index in [0.29, 0.717) is 0 Å². The number of benzene rings is 1. The van der Waals surface area contributed by atoms with E-state index in [0.717, 1.165) is 18.0 Å². The van der Waals surface area contributed by atoms with Crippen LogP contribution in [0.2, 0.25) is 0 Å². The van der Waals surface area contributed by atoms with E-state index < -0.39 is 0 Å². The number of hydrogen-bond acceptors (Lipinski definition) is 1. The Morgan fingerprint density at radius 1 is 1.00 bits per heavy atom. The Kier molecular flexibility index (Phi) is 2.96. The Labute approximate surface area is 98.3 Å². The molecule has 1 aromatic carbocycles. The lowest BCUT2D eigenvalue weighted by Gasteiger charge is -2.21. The molecule has 86 valence electrons. The number of rotatable bonds is 4. The summed E-state index contributed by atoms with van der Waals surface area (Å²) in [4.78, 5) is 0. The second kappa shape index (κ2) is 4.58. The third-order valence-electron chi connectivity index (χ3n) is 4.03. The van der Waals surface area contributed by atoms with Crippen molar-refractivity contribution >= 4 is 0 Å². The minimum Gasteiger partial charge on any atom is -0.311 e. The molecule has 0 radical (unpaired) electrons. The number of hydrogen-bond donors (Lipinski definition) is 1. The molecule has 0 aliphatic heterocycles. The molecule has 2 atom stereocenters. The first-order valence-corrected chi connectivity index (χ1v) is 6.72. The Morgan fingerprint density at radius 2 is 1.81 bits per heavy atom. The molecule has 0 saturated heterocycles. The average Bonchev–Trinajstić information content (AvgIpc) is 3.02. The summed E-state index contributed by atoms with van der Waals surface area (Å²) in [5, 5.41) is 3.82. The van der Waals surface area contributed by atoms with Crippen LogP contribution in [-0.4, -0.2) is 12.1 Å². The van der Waals surface area contributed by atoms with Crippen molar-refractivity contribution in [3.63, 3.8) is 0 Å². The lowest BCUT2D eigenvalue weighted by molar-refractivity contribution is 0.396. The fourth-order valence-electron chi connectivity index (χ4n) is 2.97. The van der Waals surface area contributed by atoms with Gasteiger partial charge in [0.1, 0.15) is 0 Å². The molecular formula is C15H21N. The SMILES string of the molecule is c1ccc(CC2CCCC2NC2CC2)cc1. The van der Waals surface area contributed by atoms with Crippen LogP contribution in [0, 0.1) is 5.92 Å². The van der Waals surface area contributed by atoms with Crippen molar-refractivity contribution in [3.05, 3.63) is 35.9 Å². The van der Waals surface area contributed by atoms with E-state index >= 15 is 0 Å². The molecule has 1 N–H and O–H groups in total. The van der Waals surface area contributed by atoms with Crippen LogP contribution in [-0.2, 0) is 6.42 Å². The smallest absolute Gasteiger partial charge is 0.0101 e. The van der Waals surface area contributed by atoms with E-state index in [1.54, 1.807) is 0 Å². The topological polar surface area (TPSA) is 12.0 Å². The Bertz CT molecular complexity index is 329. The van der Waals surface area contributed by atoms with Gasteiger partial charge in [-0.05, 0) is 43.6 Å². The van der Waals surface area contributed by atoms with Crippen molar-refractivity contribution in [1.29, 1.82) is 0 Å². The molecule has 2 saturated carbocycles. The van der Waals surface area contributed by atoms with Gasteiger partial charge in [0.15, 0.2) is 0 Å². The maximum Gasteiger partial charge on any atom is 0.0101 e. The maximum atomic E-state index is 3.82. The minimum atomic E-state index is 0.799. The van der Waals surface area contributed by atoms with Crippen LogP contribution in [0.25, 0.3) is 0 Å². The van der Waals surface area contributed by atoms with E-state index in [4.69, 9.17) is 0 Å². The summed E-state index contributed by atoms with van der Waals surface area (Å²) in [5.41, 5.74) is 1.51. The van der Waals surface area contributed by atoms with Crippen LogP contribution in [0.1, 0.15) is 37.7 Å². The molecule has 0 amide bonds. The zero-order valence-corrected chi connectivity index (χ0v) is 9.86. The highest BCUT2D eigenvalue weighted by Crippen LogP contribution is 2.31. The Hall–Kier alpha value is -0.820. The molecule has 16 heavy (non-hydrogen) atoms. The molecule has 2 aliphatic rings. The first-order chi connectivity index (χ1) is 7.92. The monoisotopic (exact) mass is 215 g/mol. The highest BCUT2D eigenvalue weighted by atomic mass is 15.0. The van der Waals surface area contributed by atoms with Gasteiger partial charge < -0.3 is 5.32 Å². The lowest BCUT2D eigenvalue weighted by atomic mass is 9.94. The standard InChI is InChI=1S/C15H21N/c1-2-5-12(6-3-1)11-13-7-4-8-15(13)16-14-9-10-14/h1-3,5-6,13-16H,4,7-11H2. The van der Waals surface area contributed by atoms with E-state index in [1.807, 2.05) is 0 Å². The Morgan fingerprint density at radius 3 is 2.56 bits per heavy atom. The van der Waals surface area contributed by atoms with Gasteiger partial charge in [0.25, 0.3) is 0 Å². The van der Waals surface area contributed by atoms with Gasteiger partial charge in [-0.1, -0.05) is 36.8 Å². The van der Waals surface area contributed by atoms with Gasteiger partial charge in [-0.25, -0.2) is 0 Å². The van der Waals surface area contributed by atoms with Gasteiger partial charge >= 0.3 is 0 Å². The molecule has 3 rings (SSSR count). The first-order valence-electron chi connectivity index (χ1n) is 6.72. The van der Waals surface area contributed by atoms with Gasteiger partial charge in [-0.2, -0.15) is 0 Å². The summed E-state index contributed by atoms with van der Waals surface area (Å²) in [5.74, 6) is 0.878. The predicted octanol–water partition coefficient (Wildman–Crippen LogP) is 3.15. The van der Waals surface area contributed by atoms with Crippen LogP contribution in [0.15, 0.2) is 30.3 Å². The maximum absolute atomic E-state index is 3.82. The van der Waals surface area contributed by atoms with E-state index in [2.05, 4.69) is 35.6 Å². The van der Waals surface area contributed by atoms with Crippen LogP contribution in [0.5, 0.6) is 0 Å². The summed E-state index contributed by atoms with van der Waals surface area (Å²) >= 11 is 0. The average molecular weight is 215 g/mol. The van der Waals surface area contributed by atoms with Crippen LogP contribution < -0.4 is 5.32 Å². The lowest BCUT2D eigenvalue weighted by Crippen LogP contribution is -2.34. The molecule has 2 unspecified atom stereocenters. The summed E-state index contributed by atoms with van der Waals surface area (Å²) in [6, 6.07) is 12.6. The van der Waals surface area contributed by atoms with Crippen molar-refractivity contribution in [2.45, 2.75) is 50.6 Å². The second-order valence-electron chi connectivity index (χ2n) is 5.43.